The first kappa shape index (κ1) is 13.2. The summed E-state index contributed by atoms with van der Waals surface area (Å²) in [4.78, 5) is 15.7. The number of benzene rings is 2. The van der Waals surface area contributed by atoms with Crippen molar-refractivity contribution in [3.05, 3.63) is 69.3 Å². The Hall–Kier alpha value is -1.77. The largest absolute Gasteiger partial charge is 0.360 e. The van der Waals surface area contributed by atoms with Crippen molar-refractivity contribution in [2.75, 3.05) is 0 Å². The fraction of sp³-hybridized carbons (Fsp3) is 0.0625. The van der Waals surface area contributed by atoms with E-state index < -0.39 is 0 Å². The third-order valence-corrected chi connectivity index (χ3v) is 3.64. The van der Waals surface area contributed by atoms with Gasteiger partial charge in [-0.2, -0.15) is 0 Å². The van der Waals surface area contributed by atoms with Crippen LogP contribution in [0.1, 0.15) is 21.5 Å². The van der Waals surface area contributed by atoms with Crippen molar-refractivity contribution in [3.8, 4) is 0 Å². The molecule has 0 aliphatic rings. The number of ketones is 1. The quantitative estimate of drug-likeness (QED) is 0.663. The van der Waals surface area contributed by atoms with Crippen molar-refractivity contribution in [1.29, 1.82) is 0 Å². The molecular formula is C16H11Cl2NO. The lowest BCUT2D eigenvalue weighted by atomic mass is 10.0. The average Bonchev–Trinajstić information content (AvgIpc) is 2.79. The maximum Gasteiger partial charge on any atom is 0.195 e. The lowest BCUT2D eigenvalue weighted by Crippen LogP contribution is -2.00. The van der Waals surface area contributed by atoms with E-state index in [1.54, 1.807) is 24.4 Å². The van der Waals surface area contributed by atoms with Crippen LogP contribution < -0.4 is 0 Å². The smallest absolute Gasteiger partial charge is 0.195 e. The molecule has 1 N–H and O–H groups in total. The second-order valence-corrected chi connectivity index (χ2v) is 5.61. The van der Waals surface area contributed by atoms with Crippen molar-refractivity contribution in [2.45, 2.75) is 6.92 Å². The third-order valence-electron chi connectivity index (χ3n) is 3.21. The summed E-state index contributed by atoms with van der Waals surface area (Å²) in [5.41, 5.74) is 3.20. The van der Waals surface area contributed by atoms with Gasteiger partial charge in [0.1, 0.15) is 0 Å². The molecule has 2 aromatic carbocycles. The molecule has 3 rings (SSSR count). The van der Waals surface area contributed by atoms with Gasteiger partial charge in [0.25, 0.3) is 0 Å². The van der Waals surface area contributed by atoms with E-state index in [-0.39, 0.29) is 5.78 Å². The molecule has 0 atom stereocenters. The molecule has 0 fully saturated rings. The number of nitrogens with one attached hydrogen (secondary N) is 1. The van der Waals surface area contributed by atoms with Crippen molar-refractivity contribution >= 4 is 39.9 Å². The Labute approximate surface area is 126 Å². The molecule has 0 aliphatic carbocycles. The first-order valence-corrected chi connectivity index (χ1v) is 6.89. The van der Waals surface area contributed by atoms with Gasteiger partial charge in [0, 0.05) is 38.3 Å². The minimum atomic E-state index is -0.0931. The Morgan fingerprint density at radius 1 is 1.05 bits per heavy atom. The van der Waals surface area contributed by atoms with Gasteiger partial charge in [0.15, 0.2) is 5.78 Å². The highest BCUT2D eigenvalue weighted by atomic mass is 35.5. The van der Waals surface area contributed by atoms with E-state index in [4.69, 9.17) is 23.2 Å². The Bertz CT molecular complexity index is 800. The molecule has 1 aromatic heterocycles. The Kier molecular flexibility index (Phi) is 3.28. The average molecular weight is 304 g/mol. The number of aromatic nitrogens is 1. The molecule has 2 nitrogen and oxygen atoms in total. The highest BCUT2D eigenvalue weighted by molar-refractivity contribution is 6.35. The van der Waals surface area contributed by atoms with E-state index in [9.17, 15) is 4.79 Å². The van der Waals surface area contributed by atoms with Gasteiger partial charge in [-0.3, -0.25) is 4.79 Å². The number of fused-ring (bicyclic) bond motifs is 1. The van der Waals surface area contributed by atoms with Gasteiger partial charge < -0.3 is 4.98 Å². The van der Waals surface area contributed by atoms with Crippen LogP contribution in [0.15, 0.2) is 42.6 Å². The lowest BCUT2D eigenvalue weighted by molar-refractivity contribution is 0.104. The molecule has 0 spiro atoms. The summed E-state index contributed by atoms with van der Waals surface area (Å²) in [5, 5.41) is 1.81. The third kappa shape index (κ3) is 2.33. The van der Waals surface area contributed by atoms with Crippen molar-refractivity contribution in [2.24, 2.45) is 0 Å². The van der Waals surface area contributed by atoms with Crippen LogP contribution in [-0.2, 0) is 0 Å². The Morgan fingerprint density at radius 3 is 2.45 bits per heavy atom. The van der Waals surface area contributed by atoms with Crippen LogP contribution in [0, 0.1) is 6.92 Å². The molecule has 0 bridgehead atoms. The Morgan fingerprint density at radius 2 is 1.75 bits per heavy atom. The number of rotatable bonds is 2. The number of carbonyl (C=O) groups excluding carboxylic acids is 1. The van der Waals surface area contributed by atoms with Crippen LogP contribution in [0.4, 0.5) is 0 Å². The van der Waals surface area contributed by atoms with Crippen LogP contribution in [-0.4, -0.2) is 10.8 Å². The van der Waals surface area contributed by atoms with E-state index in [1.165, 1.54) is 0 Å². The number of halogens is 2. The molecule has 0 saturated carbocycles. The number of hydrogen-bond donors (Lipinski definition) is 1. The minimum Gasteiger partial charge on any atom is -0.360 e. The number of hydrogen-bond acceptors (Lipinski definition) is 1. The summed E-state index contributed by atoms with van der Waals surface area (Å²) >= 11 is 11.9. The molecule has 0 amide bonds. The van der Waals surface area contributed by atoms with Crippen LogP contribution in [0.25, 0.3) is 10.9 Å². The van der Waals surface area contributed by atoms with Gasteiger partial charge in [0.05, 0.1) is 0 Å². The minimum absolute atomic E-state index is 0.0931. The van der Waals surface area contributed by atoms with Gasteiger partial charge in [-0.05, 0) is 36.8 Å². The summed E-state index contributed by atoms with van der Waals surface area (Å²) in [6.45, 7) is 2.01. The molecule has 20 heavy (non-hydrogen) atoms. The van der Waals surface area contributed by atoms with Gasteiger partial charge in [-0.15, -0.1) is 0 Å². The normalized spacial score (nSPS) is 10.9. The SMILES string of the molecule is Cc1ccc2c(C(=O)c3cc(Cl)cc(Cl)c3)c[nH]c2c1. The molecule has 0 aliphatic heterocycles. The first-order valence-electron chi connectivity index (χ1n) is 6.13. The van der Waals surface area contributed by atoms with E-state index in [0.717, 1.165) is 16.5 Å². The summed E-state index contributed by atoms with van der Waals surface area (Å²) in [7, 11) is 0. The Balaban J connectivity index is 2.12. The maximum absolute atomic E-state index is 12.6. The summed E-state index contributed by atoms with van der Waals surface area (Å²) in [6, 6.07) is 10.8. The zero-order valence-corrected chi connectivity index (χ0v) is 12.2. The van der Waals surface area contributed by atoms with Crippen LogP contribution in [0.3, 0.4) is 0 Å². The molecule has 0 saturated heterocycles. The molecule has 0 unspecified atom stereocenters. The number of aryl methyl sites for hydroxylation is 1. The molecule has 0 radical (unpaired) electrons. The second-order valence-electron chi connectivity index (χ2n) is 4.74. The fourth-order valence-corrected chi connectivity index (χ4v) is 2.79. The van der Waals surface area contributed by atoms with Gasteiger partial charge in [-0.25, -0.2) is 0 Å². The van der Waals surface area contributed by atoms with E-state index >= 15 is 0 Å². The summed E-state index contributed by atoms with van der Waals surface area (Å²) in [5.74, 6) is -0.0931. The molecule has 1 heterocycles. The van der Waals surface area contributed by atoms with Crippen LogP contribution in [0.2, 0.25) is 10.0 Å². The summed E-state index contributed by atoms with van der Waals surface area (Å²) < 4.78 is 0. The first-order chi connectivity index (χ1) is 9.54. The highest BCUT2D eigenvalue weighted by Crippen LogP contribution is 2.25. The van der Waals surface area contributed by atoms with E-state index in [0.29, 0.717) is 21.2 Å². The zero-order chi connectivity index (χ0) is 14.3. The fourth-order valence-electron chi connectivity index (χ4n) is 2.27. The van der Waals surface area contributed by atoms with Crippen molar-refractivity contribution < 1.29 is 4.79 Å². The maximum atomic E-state index is 12.6. The van der Waals surface area contributed by atoms with E-state index in [2.05, 4.69) is 4.98 Å². The lowest BCUT2D eigenvalue weighted by Gasteiger charge is -2.02. The molecule has 3 aromatic rings. The van der Waals surface area contributed by atoms with Crippen LogP contribution >= 0.6 is 23.2 Å². The zero-order valence-electron chi connectivity index (χ0n) is 10.7. The van der Waals surface area contributed by atoms with Gasteiger partial charge in [-0.1, -0.05) is 35.3 Å². The van der Waals surface area contributed by atoms with Crippen LogP contribution in [0.5, 0.6) is 0 Å². The number of H-pyrrole nitrogens is 1. The number of aromatic amines is 1. The topological polar surface area (TPSA) is 32.9 Å². The summed E-state index contributed by atoms with van der Waals surface area (Å²) in [6.07, 6.45) is 1.72. The predicted octanol–water partition coefficient (Wildman–Crippen LogP) is 5.01. The van der Waals surface area contributed by atoms with E-state index in [1.807, 2.05) is 25.1 Å². The van der Waals surface area contributed by atoms with Crippen molar-refractivity contribution in [3.63, 3.8) is 0 Å². The predicted molar refractivity (Wildman–Crippen MR) is 82.9 cm³/mol. The standard InChI is InChI=1S/C16H11Cl2NO/c1-9-2-3-13-14(8-19-15(13)4-9)16(20)10-5-11(17)7-12(18)6-10/h2-8,19H,1H3. The van der Waals surface area contributed by atoms with Gasteiger partial charge >= 0.3 is 0 Å². The number of carbonyl (C=O) groups is 1. The van der Waals surface area contributed by atoms with Crippen molar-refractivity contribution in [1.82, 2.24) is 4.98 Å². The highest BCUT2D eigenvalue weighted by Gasteiger charge is 2.15. The molecular weight excluding hydrogens is 293 g/mol. The second kappa shape index (κ2) is 4.97. The monoisotopic (exact) mass is 303 g/mol. The van der Waals surface area contributed by atoms with Gasteiger partial charge in [0.2, 0.25) is 0 Å². The molecule has 4 heteroatoms. The molecule has 100 valence electrons.